The lowest BCUT2D eigenvalue weighted by Crippen LogP contribution is -2.43. The molecule has 0 radical (unpaired) electrons. The number of nitrogens with one attached hydrogen (secondary N) is 2. The van der Waals surface area contributed by atoms with Crippen LogP contribution in [0.15, 0.2) is 22.6 Å². The van der Waals surface area contributed by atoms with Gasteiger partial charge in [0.05, 0.1) is 11.9 Å². The maximum Gasteiger partial charge on any atom is 0.315 e. The fourth-order valence-electron chi connectivity index (χ4n) is 3.27. The fourth-order valence-corrected chi connectivity index (χ4v) is 3.27. The first-order chi connectivity index (χ1) is 12.5. The van der Waals surface area contributed by atoms with Crippen LogP contribution < -0.4 is 10.6 Å². The van der Waals surface area contributed by atoms with Crippen molar-refractivity contribution in [3.05, 3.63) is 35.3 Å². The molecule has 1 aromatic heterocycles. The summed E-state index contributed by atoms with van der Waals surface area (Å²) in [4.78, 5) is 12.0. The number of fused-ring (bicyclic) bond motifs is 1. The van der Waals surface area contributed by atoms with Crippen LogP contribution in [0.2, 0.25) is 0 Å². The van der Waals surface area contributed by atoms with E-state index in [0.717, 1.165) is 37.2 Å². The molecular formula is C21H31FN2O2. The second kappa shape index (κ2) is 9.60. The molecule has 2 amide bonds. The molecule has 1 fully saturated rings. The predicted molar refractivity (Wildman–Crippen MR) is 104 cm³/mol. The molecule has 5 heteroatoms. The average molecular weight is 362 g/mol. The number of urea groups is 1. The molecule has 144 valence electrons. The van der Waals surface area contributed by atoms with Crippen LogP contribution in [0.5, 0.6) is 0 Å². The molecule has 0 unspecified atom stereocenters. The van der Waals surface area contributed by atoms with Gasteiger partial charge in [0.15, 0.2) is 0 Å². The molecule has 26 heavy (non-hydrogen) atoms. The Morgan fingerprint density at radius 1 is 1.23 bits per heavy atom. The maximum absolute atomic E-state index is 13.8. The zero-order valence-corrected chi connectivity index (χ0v) is 16.3. The van der Waals surface area contributed by atoms with Crippen LogP contribution in [-0.2, 0) is 6.54 Å². The molecule has 3 rings (SSSR count). The first-order valence-electron chi connectivity index (χ1n) is 9.67. The molecule has 1 aliphatic rings. The number of aryl methyl sites for hydroxylation is 1. The summed E-state index contributed by atoms with van der Waals surface area (Å²) in [6.07, 6.45) is 5.63. The summed E-state index contributed by atoms with van der Waals surface area (Å²) in [6.45, 7) is 8.57. The van der Waals surface area contributed by atoms with E-state index in [0.29, 0.717) is 16.7 Å². The topological polar surface area (TPSA) is 54.3 Å². The molecule has 2 N–H and O–H groups in total. The van der Waals surface area contributed by atoms with Gasteiger partial charge in [-0.05, 0) is 50.7 Å². The largest absolute Gasteiger partial charge is 0.459 e. The van der Waals surface area contributed by atoms with E-state index in [1.807, 2.05) is 6.92 Å². The number of hydrogen-bond donors (Lipinski definition) is 2. The van der Waals surface area contributed by atoms with Gasteiger partial charge in [0, 0.05) is 11.6 Å². The quantitative estimate of drug-likeness (QED) is 0.738. The number of carbonyl (C=O) groups excluding carboxylic acids is 1. The lowest BCUT2D eigenvalue weighted by atomic mass is 9.87. The zero-order valence-electron chi connectivity index (χ0n) is 16.3. The van der Waals surface area contributed by atoms with Gasteiger partial charge in [-0.1, -0.05) is 33.3 Å². The van der Waals surface area contributed by atoms with Gasteiger partial charge in [-0.15, -0.1) is 0 Å². The van der Waals surface area contributed by atoms with Crippen molar-refractivity contribution in [2.45, 2.75) is 72.4 Å². The second-order valence-corrected chi connectivity index (χ2v) is 7.25. The molecule has 4 nitrogen and oxygen atoms in total. The van der Waals surface area contributed by atoms with E-state index in [1.54, 1.807) is 12.1 Å². The highest BCUT2D eigenvalue weighted by atomic mass is 19.1. The van der Waals surface area contributed by atoms with Crippen molar-refractivity contribution >= 4 is 17.0 Å². The standard InChI is InChI=1S/C18H23FN2O2.C3H8/c1-11-6-8-13(9-7-11)21-18(22)20-10-16-12(2)17-14(19)4-3-5-15(17)23-16;1-3-2/h3-5,11,13H,6-10H2,1-2H3,(H2,20,21,22);3H2,1-2H3. The molecule has 1 saturated carbocycles. The monoisotopic (exact) mass is 362 g/mol. The zero-order chi connectivity index (χ0) is 19.1. The molecule has 2 aromatic rings. The van der Waals surface area contributed by atoms with Crippen LogP contribution >= 0.6 is 0 Å². The van der Waals surface area contributed by atoms with E-state index < -0.39 is 0 Å². The summed E-state index contributed by atoms with van der Waals surface area (Å²) in [5.41, 5.74) is 1.26. The van der Waals surface area contributed by atoms with Crippen molar-refractivity contribution in [2.24, 2.45) is 5.92 Å². The minimum absolute atomic E-state index is 0.190. The minimum atomic E-state index is -0.296. The first kappa shape index (κ1) is 20.3. The van der Waals surface area contributed by atoms with Crippen molar-refractivity contribution < 1.29 is 13.6 Å². The number of halogens is 1. The number of rotatable bonds is 3. The number of furan rings is 1. The SMILES string of the molecule is CCC.Cc1c(CNC(=O)NC2CCC(C)CC2)oc2cccc(F)c12. The van der Waals surface area contributed by atoms with Crippen LogP contribution in [0.4, 0.5) is 9.18 Å². The van der Waals surface area contributed by atoms with E-state index in [4.69, 9.17) is 4.42 Å². The fraction of sp³-hybridized carbons (Fsp3) is 0.571. The Bertz CT molecular complexity index is 718. The third kappa shape index (κ3) is 5.23. The first-order valence-corrected chi connectivity index (χ1v) is 9.67. The Labute approximate surface area is 155 Å². The number of carbonyl (C=O) groups is 1. The molecular weight excluding hydrogens is 331 g/mol. The van der Waals surface area contributed by atoms with Crippen LogP contribution in [0.1, 0.15) is 64.2 Å². The van der Waals surface area contributed by atoms with Gasteiger partial charge >= 0.3 is 6.03 Å². The van der Waals surface area contributed by atoms with Crippen LogP contribution in [0, 0.1) is 18.7 Å². The second-order valence-electron chi connectivity index (χ2n) is 7.25. The Morgan fingerprint density at radius 3 is 2.50 bits per heavy atom. The van der Waals surface area contributed by atoms with Gasteiger partial charge in [-0.2, -0.15) is 0 Å². The average Bonchev–Trinajstić information content (AvgIpc) is 2.93. The van der Waals surface area contributed by atoms with Crippen molar-refractivity contribution in [3.63, 3.8) is 0 Å². The molecule has 0 spiro atoms. The number of benzene rings is 1. The van der Waals surface area contributed by atoms with Gasteiger partial charge in [-0.3, -0.25) is 0 Å². The smallest absolute Gasteiger partial charge is 0.315 e. The van der Waals surface area contributed by atoms with Gasteiger partial charge in [0.1, 0.15) is 17.2 Å². The van der Waals surface area contributed by atoms with Crippen molar-refractivity contribution in [1.29, 1.82) is 0 Å². The van der Waals surface area contributed by atoms with E-state index >= 15 is 0 Å². The van der Waals surface area contributed by atoms with Crippen LogP contribution in [0.3, 0.4) is 0 Å². The summed E-state index contributed by atoms with van der Waals surface area (Å²) in [5, 5.41) is 6.31. The predicted octanol–water partition coefficient (Wildman–Crippen LogP) is 5.67. The minimum Gasteiger partial charge on any atom is -0.459 e. The summed E-state index contributed by atoms with van der Waals surface area (Å²) in [6, 6.07) is 4.83. The van der Waals surface area contributed by atoms with E-state index in [-0.39, 0.29) is 24.4 Å². The highest BCUT2D eigenvalue weighted by molar-refractivity contribution is 5.83. The summed E-state index contributed by atoms with van der Waals surface area (Å²) < 4.78 is 19.5. The summed E-state index contributed by atoms with van der Waals surface area (Å²) in [5.74, 6) is 1.05. The van der Waals surface area contributed by atoms with Crippen LogP contribution in [-0.4, -0.2) is 12.1 Å². The third-order valence-corrected chi connectivity index (χ3v) is 4.76. The van der Waals surface area contributed by atoms with E-state index in [9.17, 15) is 9.18 Å². The van der Waals surface area contributed by atoms with Crippen molar-refractivity contribution in [1.82, 2.24) is 10.6 Å². The highest BCUT2D eigenvalue weighted by Crippen LogP contribution is 2.27. The molecule has 0 aliphatic heterocycles. The Kier molecular flexibility index (Phi) is 7.49. The van der Waals surface area contributed by atoms with Gasteiger partial charge in [-0.25, -0.2) is 9.18 Å². The molecule has 1 aromatic carbocycles. The molecule has 0 saturated heterocycles. The molecule has 1 aliphatic carbocycles. The van der Waals surface area contributed by atoms with E-state index in [2.05, 4.69) is 31.4 Å². The Hall–Kier alpha value is -2.04. The summed E-state index contributed by atoms with van der Waals surface area (Å²) in [7, 11) is 0. The van der Waals surface area contributed by atoms with Gasteiger partial charge in [0.25, 0.3) is 0 Å². The Balaban J connectivity index is 0.000000758. The number of amides is 2. The molecule has 0 atom stereocenters. The van der Waals surface area contributed by atoms with Crippen molar-refractivity contribution in [3.8, 4) is 0 Å². The lowest BCUT2D eigenvalue weighted by Gasteiger charge is -2.26. The highest BCUT2D eigenvalue weighted by Gasteiger charge is 2.20. The lowest BCUT2D eigenvalue weighted by molar-refractivity contribution is 0.227. The third-order valence-electron chi connectivity index (χ3n) is 4.76. The number of hydrogen-bond acceptors (Lipinski definition) is 2. The summed E-state index contributed by atoms with van der Waals surface area (Å²) >= 11 is 0. The van der Waals surface area contributed by atoms with Crippen LogP contribution in [0.25, 0.3) is 11.0 Å². The maximum atomic E-state index is 13.8. The molecule has 0 bridgehead atoms. The van der Waals surface area contributed by atoms with E-state index in [1.165, 1.54) is 12.5 Å². The van der Waals surface area contributed by atoms with Crippen molar-refractivity contribution in [2.75, 3.05) is 0 Å². The van der Waals surface area contributed by atoms with Gasteiger partial charge in [0.2, 0.25) is 0 Å². The molecule has 1 heterocycles. The Morgan fingerprint density at radius 2 is 1.88 bits per heavy atom. The van der Waals surface area contributed by atoms with Gasteiger partial charge < -0.3 is 15.1 Å². The normalized spacial score (nSPS) is 19.6.